The number of benzene rings is 1. The van der Waals surface area contributed by atoms with Gasteiger partial charge in [0.15, 0.2) is 0 Å². The summed E-state index contributed by atoms with van der Waals surface area (Å²) in [4.78, 5) is 16.1. The van der Waals surface area contributed by atoms with Gasteiger partial charge in [0, 0.05) is 18.2 Å². The molecule has 0 amide bonds. The van der Waals surface area contributed by atoms with Crippen molar-refractivity contribution in [2.24, 2.45) is 0 Å². The lowest BCUT2D eigenvalue weighted by atomic mass is 10.1. The first-order valence-electron chi connectivity index (χ1n) is 7.03. The maximum Gasteiger partial charge on any atom is 0.337 e. The van der Waals surface area contributed by atoms with E-state index in [0.29, 0.717) is 10.8 Å². The minimum Gasteiger partial charge on any atom is -0.478 e. The monoisotopic (exact) mass is 290 g/mol. The van der Waals surface area contributed by atoms with Crippen molar-refractivity contribution in [3.8, 4) is 0 Å². The summed E-state index contributed by atoms with van der Waals surface area (Å²) >= 11 is 1.99. The van der Waals surface area contributed by atoms with Gasteiger partial charge in [-0.3, -0.25) is 0 Å². The molecule has 1 aromatic carbocycles. The van der Waals surface area contributed by atoms with Gasteiger partial charge in [-0.1, -0.05) is 13.0 Å². The van der Waals surface area contributed by atoms with E-state index >= 15 is 0 Å². The zero-order chi connectivity index (χ0) is 14.1. The van der Waals surface area contributed by atoms with Gasteiger partial charge in [0.1, 0.15) is 5.82 Å². The fourth-order valence-corrected chi connectivity index (χ4v) is 4.12. The van der Waals surface area contributed by atoms with Crippen molar-refractivity contribution in [2.45, 2.75) is 38.0 Å². The summed E-state index contributed by atoms with van der Waals surface area (Å²) in [6.45, 7) is 2.94. The second-order valence-electron chi connectivity index (χ2n) is 5.11. The molecule has 4 nitrogen and oxygen atoms in total. The molecule has 1 saturated heterocycles. The molecule has 0 saturated carbocycles. The van der Waals surface area contributed by atoms with Gasteiger partial charge in [-0.2, -0.15) is 11.8 Å². The van der Waals surface area contributed by atoms with E-state index in [0.717, 1.165) is 29.8 Å². The Hall–Kier alpha value is -1.49. The summed E-state index contributed by atoms with van der Waals surface area (Å²) in [7, 11) is 0. The lowest BCUT2D eigenvalue weighted by molar-refractivity contribution is 0.0698. The quantitative estimate of drug-likeness (QED) is 0.939. The summed E-state index contributed by atoms with van der Waals surface area (Å²) < 4.78 is 2.13. The van der Waals surface area contributed by atoms with Gasteiger partial charge in [-0.25, -0.2) is 9.78 Å². The van der Waals surface area contributed by atoms with Gasteiger partial charge in [0.25, 0.3) is 0 Å². The third-order valence-corrected chi connectivity index (χ3v) is 5.18. The minimum absolute atomic E-state index is 0.359. The second-order valence-corrected chi connectivity index (χ2v) is 6.51. The maximum absolute atomic E-state index is 11.5. The highest BCUT2D eigenvalue weighted by Crippen LogP contribution is 2.30. The zero-order valence-electron chi connectivity index (χ0n) is 11.5. The summed E-state index contributed by atoms with van der Waals surface area (Å²) in [5, 5.41) is 9.99. The predicted octanol–water partition coefficient (Wildman–Crippen LogP) is 3.19. The van der Waals surface area contributed by atoms with Crippen molar-refractivity contribution in [3.05, 3.63) is 29.6 Å². The maximum atomic E-state index is 11.5. The molecule has 5 heteroatoms. The third kappa shape index (κ3) is 2.30. The molecule has 1 aliphatic heterocycles. The normalized spacial score (nSPS) is 18.8. The van der Waals surface area contributed by atoms with E-state index in [2.05, 4.69) is 16.5 Å². The number of imidazole rings is 1. The Bertz CT molecular complexity index is 645. The largest absolute Gasteiger partial charge is 0.478 e. The van der Waals surface area contributed by atoms with E-state index in [9.17, 15) is 9.90 Å². The molecule has 2 heterocycles. The molecule has 0 spiro atoms. The number of fused-ring (bicyclic) bond motifs is 1. The number of para-hydroxylation sites is 1. The number of rotatable bonds is 4. The van der Waals surface area contributed by atoms with Crippen LogP contribution in [0.2, 0.25) is 0 Å². The van der Waals surface area contributed by atoms with Gasteiger partial charge in [0.2, 0.25) is 0 Å². The first-order valence-corrected chi connectivity index (χ1v) is 8.08. The first-order chi connectivity index (χ1) is 9.70. The smallest absolute Gasteiger partial charge is 0.337 e. The number of carboxylic acid groups (broad SMARTS) is 1. The number of nitrogens with zero attached hydrogens (tertiary/aromatic N) is 2. The van der Waals surface area contributed by atoms with Crippen LogP contribution in [0.25, 0.3) is 11.0 Å². The molecule has 3 rings (SSSR count). The molecule has 1 aromatic heterocycles. The van der Waals surface area contributed by atoms with Crippen LogP contribution in [0.1, 0.15) is 35.9 Å². The molecule has 1 N–H and O–H groups in total. The van der Waals surface area contributed by atoms with E-state index in [1.807, 2.05) is 17.8 Å². The minimum atomic E-state index is -0.876. The number of thioether (sulfide) groups is 1. The lowest BCUT2D eigenvalue weighted by Crippen LogP contribution is -2.14. The molecular weight excluding hydrogens is 272 g/mol. The summed E-state index contributed by atoms with van der Waals surface area (Å²) in [5.74, 6) is 1.32. The van der Waals surface area contributed by atoms with E-state index in [-0.39, 0.29) is 0 Å². The SMILES string of the molecule is CCc1nc2cccc(C(=O)O)c2n1CC1CCCS1. The fraction of sp³-hybridized carbons (Fsp3) is 0.467. The van der Waals surface area contributed by atoms with Crippen molar-refractivity contribution in [1.29, 1.82) is 0 Å². The van der Waals surface area contributed by atoms with Crippen LogP contribution in [0.15, 0.2) is 18.2 Å². The summed E-state index contributed by atoms with van der Waals surface area (Å²) in [5.41, 5.74) is 1.94. The Balaban J connectivity index is 2.13. The second kappa shape index (κ2) is 5.48. The Kier molecular flexibility index (Phi) is 3.70. The predicted molar refractivity (Wildman–Crippen MR) is 81.6 cm³/mol. The molecule has 106 valence electrons. The van der Waals surface area contributed by atoms with Crippen LogP contribution >= 0.6 is 11.8 Å². The first kappa shape index (κ1) is 13.5. The Morgan fingerprint density at radius 1 is 1.55 bits per heavy atom. The number of hydrogen-bond acceptors (Lipinski definition) is 3. The van der Waals surface area contributed by atoms with Gasteiger partial charge in [-0.05, 0) is 30.7 Å². The van der Waals surface area contributed by atoms with Gasteiger partial charge < -0.3 is 9.67 Å². The molecule has 0 aliphatic carbocycles. The van der Waals surface area contributed by atoms with Crippen LogP contribution in [0.4, 0.5) is 0 Å². The van der Waals surface area contributed by atoms with Crippen LogP contribution in [0, 0.1) is 0 Å². The number of carboxylic acids is 1. The molecule has 1 unspecified atom stereocenters. The molecule has 1 aliphatic rings. The number of aryl methyl sites for hydroxylation is 1. The zero-order valence-corrected chi connectivity index (χ0v) is 12.3. The highest BCUT2D eigenvalue weighted by molar-refractivity contribution is 8.00. The molecule has 0 radical (unpaired) electrons. The average molecular weight is 290 g/mol. The number of carbonyl (C=O) groups is 1. The Morgan fingerprint density at radius 2 is 2.40 bits per heavy atom. The van der Waals surface area contributed by atoms with E-state index in [4.69, 9.17) is 0 Å². The van der Waals surface area contributed by atoms with E-state index < -0.39 is 5.97 Å². The van der Waals surface area contributed by atoms with E-state index in [1.165, 1.54) is 18.6 Å². The molecule has 1 atom stereocenters. The van der Waals surface area contributed by atoms with Gasteiger partial charge in [-0.15, -0.1) is 0 Å². The summed E-state index contributed by atoms with van der Waals surface area (Å²) in [6.07, 6.45) is 3.29. The average Bonchev–Trinajstić information content (AvgIpc) is 3.06. The van der Waals surface area contributed by atoms with Crippen LogP contribution in [-0.4, -0.2) is 31.6 Å². The molecular formula is C15H18N2O2S. The highest BCUT2D eigenvalue weighted by atomic mass is 32.2. The number of aromatic carboxylic acids is 1. The van der Waals surface area contributed by atoms with Crippen LogP contribution < -0.4 is 0 Å². The van der Waals surface area contributed by atoms with Crippen molar-refractivity contribution < 1.29 is 9.90 Å². The molecule has 1 fully saturated rings. The van der Waals surface area contributed by atoms with Crippen molar-refractivity contribution in [3.63, 3.8) is 0 Å². The standard InChI is InChI=1S/C15H18N2O2S/c1-2-13-16-12-7-3-6-11(15(18)19)14(12)17(13)9-10-5-4-8-20-10/h3,6-7,10H,2,4-5,8-9H2,1H3,(H,18,19). The van der Waals surface area contributed by atoms with Gasteiger partial charge in [0.05, 0.1) is 16.6 Å². The third-order valence-electron chi connectivity index (χ3n) is 3.80. The highest BCUT2D eigenvalue weighted by Gasteiger charge is 2.21. The van der Waals surface area contributed by atoms with Crippen LogP contribution in [0.5, 0.6) is 0 Å². The van der Waals surface area contributed by atoms with Crippen molar-refractivity contribution >= 4 is 28.8 Å². The van der Waals surface area contributed by atoms with Gasteiger partial charge >= 0.3 is 5.97 Å². The Morgan fingerprint density at radius 3 is 3.05 bits per heavy atom. The summed E-state index contributed by atoms with van der Waals surface area (Å²) in [6, 6.07) is 5.34. The molecule has 2 aromatic rings. The lowest BCUT2D eigenvalue weighted by Gasteiger charge is -2.14. The molecule has 20 heavy (non-hydrogen) atoms. The van der Waals surface area contributed by atoms with E-state index in [1.54, 1.807) is 12.1 Å². The number of hydrogen-bond donors (Lipinski definition) is 1. The van der Waals surface area contributed by atoms with Crippen molar-refractivity contribution in [2.75, 3.05) is 5.75 Å². The fourth-order valence-electron chi connectivity index (χ4n) is 2.86. The van der Waals surface area contributed by atoms with Crippen molar-refractivity contribution in [1.82, 2.24) is 9.55 Å². The van der Waals surface area contributed by atoms with Crippen LogP contribution in [-0.2, 0) is 13.0 Å². The molecule has 0 bridgehead atoms. The number of aromatic nitrogens is 2. The van der Waals surface area contributed by atoms with Crippen LogP contribution in [0.3, 0.4) is 0 Å². The Labute approximate surface area is 122 Å². The topological polar surface area (TPSA) is 55.1 Å².